The van der Waals surface area contributed by atoms with Crippen LogP contribution >= 0.6 is 22.6 Å². The fourth-order valence-corrected chi connectivity index (χ4v) is 8.86. The zero-order valence-electron chi connectivity index (χ0n) is 17.0. The van der Waals surface area contributed by atoms with E-state index in [1.807, 2.05) is 6.08 Å². The maximum Gasteiger partial charge on any atom is 0.303 e. The van der Waals surface area contributed by atoms with Crippen molar-refractivity contribution in [3.8, 4) is 0 Å². The average Bonchev–Trinajstić information content (AvgIpc) is 3.07. The number of ether oxygens (including phenoxy) is 1. The summed E-state index contributed by atoms with van der Waals surface area (Å²) >= 11 is 2.50. The Morgan fingerprint density at radius 3 is 2.64 bits per heavy atom. The van der Waals surface area contributed by atoms with E-state index in [-0.39, 0.29) is 35.1 Å². The molecule has 4 aliphatic rings. The van der Waals surface area contributed by atoms with E-state index in [4.69, 9.17) is 4.74 Å². The van der Waals surface area contributed by atoms with Crippen LogP contribution in [0.3, 0.4) is 0 Å². The van der Waals surface area contributed by atoms with E-state index in [9.17, 15) is 14.4 Å². The van der Waals surface area contributed by atoms with Crippen molar-refractivity contribution in [3.05, 3.63) is 11.6 Å². The number of hydrogen-bond donors (Lipinski definition) is 0. The second-order valence-electron chi connectivity index (χ2n) is 9.75. The molecule has 6 atom stereocenters. The molecule has 0 heterocycles. The van der Waals surface area contributed by atoms with Gasteiger partial charge >= 0.3 is 5.97 Å². The molecule has 0 bridgehead atoms. The Balaban J connectivity index is 1.59. The topological polar surface area (TPSA) is 60.4 Å². The molecule has 0 radical (unpaired) electrons. The molecule has 154 valence electrons. The van der Waals surface area contributed by atoms with Crippen molar-refractivity contribution in [3.63, 3.8) is 0 Å². The van der Waals surface area contributed by atoms with Gasteiger partial charge in [0, 0.05) is 23.7 Å². The van der Waals surface area contributed by atoms with Gasteiger partial charge < -0.3 is 4.74 Å². The van der Waals surface area contributed by atoms with E-state index in [2.05, 4.69) is 29.5 Å². The summed E-state index contributed by atoms with van der Waals surface area (Å²) < 4.78 is 6.07. The van der Waals surface area contributed by atoms with E-state index >= 15 is 0 Å². The van der Waals surface area contributed by atoms with Crippen LogP contribution in [-0.4, -0.2) is 28.6 Å². The lowest BCUT2D eigenvalue weighted by Crippen LogP contribution is -2.53. The van der Waals surface area contributed by atoms with Crippen LogP contribution in [0.15, 0.2) is 11.6 Å². The highest BCUT2D eigenvalue weighted by molar-refractivity contribution is 14.1. The number of carbonyl (C=O) groups excluding carboxylic acids is 3. The van der Waals surface area contributed by atoms with Crippen LogP contribution in [0.25, 0.3) is 0 Å². The molecular formula is C23H31IO4. The van der Waals surface area contributed by atoms with Gasteiger partial charge in [0.05, 0.1) is 0 Å². The number of alkyl halides is 1. The SMILES string of the molecule is CC(=O)OCC(=O)[C@H]1CCC2C3CCC4=CC(=O)CC[C@]4(C)C3CC[C@@]21CI. The Morgan fingerprint density at radius 2 is 1.93 bits per heavy atom. The zero-order valence-corrected chi connectivity index (χ0v) is 19.1. The standard InChI is InChI=1S/C23H31IO4/c1-14(25)28-12-21(27)20-6-5-19-17-4-3-15-11-16(26)7-9-22(15,2)18(17)8-10-23(19,20)13-24/h11,17-20H,3-10,12-13H2,1-2H3/t17?,18?,19?,20-,22+,23-/m1/s1. The molecule has 0 aromatic carbocycles. The molecule has 3 unspecified atom stereocenters. The van der Waals surface area contributed by atoms with Crippen molar-refractivity contribution in [1.29, 1.82) is 0 Å². The van der Waals surface area contributed by atoms with Crippen molar-refractivity contribution >= 4 is 40.1 Å². The first-order valence-corrected chi connectivity index (χ1v) is 12.3. The predicted molar refractivity (Wildman–Crippen MR) is 115 cm³/mol. The van der Waals surface area contributed by atoms with Gasteiger partial charge in [-0.2, -0.15) is 0 Å². The van der Waals surface area contributed by atoms with Crippen LogP contribution in [0.2, 0.25) is 0 Å². The number of allylic oxidation sites excluding steroid dienone is 1. The Bertz CT molecular complexity index is 728. The lowest BCUT2D eigenvalue weighted by Gasteiger charge is -2.58. The van der Waals surface area contributed by atoms with Crippen LogP contribution in [0.4, 0.5) is 0 Å². The Hall–Kier alpha value is -0.720. The lowest BCUT2D eigenvalue weighted by atomic mass is 9.46. The number of fused-ring (bicyclic) bond motifs is 5. The largest absolute Gasteiger partial charge is 0.458 e. The Kier molecular flexibility index (Phi) is 5.51. The van der Waals surface area contributed by atoms with E-state index in [1.54, 1.807) is 0 Å². The van der Waals surface area contributed by atoms with Gasteiger partial charge in [0.25, 0.3) is 0 Å². The number of rotatable bonds is 4. The van der Waals surface area contributed by atoms with Crippen LogP contribution in [0, 0.1) is 34.5 Å². The minimum absolute atomic E-state index is 0.0346. The molecule has 0 amide bonds. The highest BCUT2D eigenvalue weighted by atomic mass is 127. The summed E-state index contributed by atoms with van der Waals surface area (Å²) in [5.41, 5.74) is 1.64. The summed E-state index contributed by atoms with van der Waals surface area (Å²) in [6.45, 7) is 3.70. The third-order valence-corrected chi connectivity index (χ3v) is 10.2. The van der Waals surface area contributed by atoms with Gasteiger partial charge in [-0.05, 0) is 79.6 Å². The summed E-state index contributed by atoms with van der Waals surface area (Å²) in [6, 6.07) is 0. The molecular weight excluding hydrogens is 467 g/mol. The fraction of sp³-hybridized carbons (Fsp3) is 0.783. The number of carbonyl (C=O) groups is 3. The monoisotopic (exact) mass is 498 g/mol. The summed E-state index contributed by atoms with van der Waals surface area (Å²) in [5.74, 6) is 1.98. The van der Waals surface area contributed by atoms with Crippen molar-refractivity contribution in [2.75, 3.05) is 11.0 Å². The minimum atomic E-state index is -0.374. The molecule has 28 heavy (non-hydrogen) atoms. The number of ketones is 2. The van der Waals surface area contributed by atoms with Crippen molar-refractivity contribution in [2.45, 2.75) is 65.2 Å². The normalized spacial score (nSPS) is 42.1. The smallest absolute Gasteiger partial charge is 0.303 e. The predicted octanol–water partition coefficient (Wildman–Crippen LogP) is 4.68. The minimum Gasteiger partial charge on any atom is -0.458 e. The third kappa shape index (κ3) is 3.10. The van der Waals surface area contributed by atoms with Crippen molar-refractivity contribution < 1.29 is 19.1 Å². The number of halogens is 1. The highest BCUT2D eigenvalue weighted by Gasteiger charge is 2.61. The molecule has 4 aliphatic carbocycles. The first-order valence-electron chi connectivity index (χ1n) is 10.8. The molecule has 4 rings (SSSR count). The second-order valence-corrected chi connectivity index (χ2v) is 10.5. The first kappa shape index (κ1) is 20.5. The van der Waals surface area contributed by atoms with Crippen LogP contribution < -0.4 is 0 Å². The van der Waals surface area contributed by atoms with E-state index < -0.39 is 0 Å². The molecule has 0 N–H and O–H groups in total. The van der Waals surface area contributed by atoms with Crippen LogP contribution in [-0.2, 0) is 19.1 Å². The molecule has 3 saturated carbocycles. The summed E-state index contributed by atoms with van der Waals surface area (Å²) in [5, 5.41) is 0. The van der Waals surface area contributed by atoms with Gasteiger partial charge in [0.15, 0.2) is 11.6 Å². The Morgan fingerprint density at radius 1 is 1.14 bits per heavy atom. The van der Waals surface area contributed by atoms with Crippen molar-refractivity contribution in [2.24, 2.45) is 34.5 Å². The number of Topliss-reactive ketones (excluding diaryl/α,β-unsaturated/α-hetero) is 1. The van der Waals surface area contributed by atoms with Gasteiger partial charge in [-0.1, -0.05) is 35.1 Å². The second kappa shape index (κ2) is 7.51. The fourth-order valence-electron chi connectivity index (χ4n) is 7.38. The molecule has 0 aromatic heterocycles. The molecule has 4 nitrogen and oxygen atoms in total. The highest BCUT2D eigenvalue weighted by Crippen LogP contribution is 2.67. The van der Waals surface area contributed by atoms with Gasteiger partial charge in [0.1, 0.15) is 6.61 Å². The molecule has 0 aromatic rings. The van der Waals surface area contributed by atoms with Gasteiger partial charge in [-0.15, -0.1) is 0 Å². The molecule has 0 aliphatic heterocycles. The first-order chi connectivity index (χ1) is 13.3. The molecule has 0 spiro atoms. The summed E-state index contributed by atoms with van der Waals surface area (Å²) in [4.78, 5) is 36.1. The lowest BCUT2D eigenvalue weighted by molar-refractivity contribution is -0.149. The quantitative estimate of drug-likeness (QED) is 0.321. The third-order valence-electron chi connectivity index (χ3n) is 8.73. The maximum atomic E-state index is 12.9. The van der Waals surface area contributed by atoms with Gasteiger partial charge in [-0.3, -0.25) is 14.4 Å². The average molecular weight is 498 g/mol. The van der Waals surface area contributed by atoms with E-state index in [0.717, 1.165) is 49.4 Å². The van der Waals surface area contributed by atoms with E-state index in [0.29, 0.717) is 30.0 Å². The van der Waals surface area contributed by atoms with Crippen molar-refractivity contribution in [1.82, 2.24) is 0 Å². The summed E-state index contributed by atoms with van der Waals surface area (Å²) in [6.07, 6.45) is 10.2. The number of esters is 1. The molecule has 3 fully saturated rings. The van der Waals surface area contributed by atoms with Crippen LogP contribution in [0.1, 0.15) is 65.2 Å². The Labute approximate surface area is 181 Å². The zero-order chi connectivity index (χ0) is 20.1. The van der Waals surface area contributed by atoms with E-state index in [1.165, 1.54) is 12.5 Å². The van der Waals surface area contributed by atoms with Gasteiger partial charge in [0.2, 0.25) is 0 Å². The van der Waals surface area contributed by atoms with Gasteiger partial charge in [-0.25, -0.2) is 0 Å². The molecule has 5 heteroatoms. The summed E-state index contributed by atoms with van der Waals surface area (Å²) in [7, 11) is 0. The van der Waals surface area contributed by atoms with Crippen LogP contribution in [0.5, 0.6) is 0 Å². The molecule has 0 saturated heterocycles. The number of hydrogen-bond acceptors (Lipinski definition) is 4. The maximum absolute atomic E-state index is 12.9.